The molecule has 5 aromatic rings. The van der Waals surface area contributed by atoms with Gasteiger partial charge in [0.05, 0.1) is 29.1 Å². The first-order chi connectivity index (χ1) is 18.8. The molecule has 39 heavy (non-hydrogen) atoms. The third-order valence-electron chi connectivity index (χ3n) is 6.90. The summed E-state index contributed by atoms with van der Waals surface area (Å²) in [5.41, 5.74) is 9.58. The summed E-state index contributed by atoms with van der Waals surface area (Å²) in [6.45, 7) is 13.1. The number of benzene rings is 1. The quantitative estimate of drug-likeness (QED) is 0.203. The predicted octanol–water partition coefficient (Wildman–Crippen LogP) is 6.77. The molecule has 5 heterocycles. The van der Waals surface area contributed by atoms with E-state index in [1.807, 2.05) is 27.0 Å². The number of halogens is 1. The van der Waals surface area contributed by atoms with E-state index in [0.29, 0.717) is 11.7 Å². The van der Waals surface area contributed by atoms with Gasteiger partial charge in [0.2, 0.25) is 0 Å². The molecule has 0 amide bonds. The van der Waals surface area contributed by atoms with Crippen molar-refractivity contribution < 1.29 is 4.74 Å². The first kappa shape index (κ1) is 26.6. The molecule has 0 saturated carbocycles. The van der Waals surface area contributed by atoms with E-state index in [0.717, 1.165) is 63.3 Å². The van der Waals surface area contributed by atoms with Gasteiger partial charge < -0.3 is 20.0 Å². The summed E-state index contributed by atoms with van der Waals surface area (Å²) in [5, 5.41) is 5.97. The summed E-state index contributed by atoms with van der Waals surface area (Å²) >= 11 is 5.96. The van der Waals surface area contributed by atoms with E-state index in [1.165, 1.54) is 28.8 Å². The maximum atomic E-state index is 6.04. The van der Waals surface area contributed by atoms with Crippen molar-refractivity contribution in [1.82, 2.24) is 29.9 Å². The largest absolute Gasteiger partial charge is 0.489 e. The molecule has 0 atom stereocenters. The Morgan fingerprint density at radius 1 is 0.923 bits per heavy atom. The lowest BCUT2D eigenvalue weighted by Crippen LogP contribution is -2.09. The Hall–Kier alpha value is -3.98. The summed E-state index contributed by atoms with van der Waals surface area (Å²) in [6, 6.07) is 4.16. The van der Waals surface area contributed by atoms with Crippen molar-refractivity contribution in [3.05, 3.63) is 63.6 Å². The van der Waals surface area contributed by atoms with Gasteiger partial charge in [-0.1, -0.05) is 25.4 Å². The standard InChI is InChI=1S/C20H23N5O.C9H10ClN3/c1-5-15-12(4)18-19(24-15)22-10-23-20(18)25-16-6-13-8-21-9-14(13)7-17(16)26-11(2)3;1-3-6-5(2)7-8(10)11-4-12-9(7)13-6/h6-8,10-11H,5,9H2,1-4H3,(H2,22,23,24,25);4H,3H2,1-2H3,(H,11,12,13). The Labute approximate surface area is 232 Å². The maximum Gasteiger partial charge on any atom is 0.143 e. The Kier molecular flexibility index (Phi) is 7.52. The van der Waals surface area contributed by atoms with Crippen LogP contribution in [0.4, 0.5) is 11.5 Å². The molecule has 6 rings (SSSR count). The monoisotopic (exact) mass is 544 g/mol. The van der Waals surface area contributed by atoms with Crippen LogP contribution < -0.4 is 10.1 Å². The van der Waals surface area contributed by atoms with Crippen molar-refractivity contribution in [2.45, 2.75) is 67.0 Å². The minimum Gasteiger partial charge on any atom is -0.489 e. The maximum absolute atomic E-state index is 6.04. The smallest absolute Gasteiger partial charge is 0.143 e. The van der Waals surface area contributed by atoms with Crippen LogP contribution in [0.2, 0.25) is 5.15 Å². The average molecular weight is 545 g/mol. The Bertz CT molecular complexity index is 1680. The number of aromatic amines is 2. The highest BCUT2D eigenvalue weighted by atomic mass is 35.5. The van der Waals surface area contributed by atoms with E-state index in [2.05, 4.69) is 73.1 Å². The van der Waals surface area contributed by atoms with Gasteiger partial charge in [-0.25, -0.2) is 19.9 Å². The van der Waals surface area contributed by atoms with Crippen LogP contribution in [0, 0.1) is 13.8 Å². The van der Waals surface area contributed by atoms with Crippen LogP contribution in [0.3, 0.4) is 0 Å². The van der Waals surface area contributed by atoms with Crippen LogP contribution >= 0.6 is 11.6 Å². The molecule has 0 saturated heterocycles. The van der Waals surface area contributed by atoms with Crippen LogP contribution in [0.5, 0.6) is 5.75 Å². The second-order valence-electron chi connectivity index (χ2n) is 9.81. The van der Waals surface area contributed by atoms with E-state index >= 15 is 0 Å². The molecule has 4 aromatic heterocycles. The van der Waals surface area contributed by atoms with E-state index in [-0.39, 0.29) is 6.10 Å². The van der Waals surface area contributed by atoms with Crippen molar-refractivity contribution in [3.8, 4) is 5.75 Å². The Morgan fingerprint density at radius 3 is 2.21 bits per heavy atom. The number of fused-ring (bicyclic) bond motifs is 3. The number of ether oxygens (including phenoxy) is 1. The highest BCUT2D eigenvalue weighted by Gasteiger charge is 2.18. The molecule has 0 bridgehead atoms. The van der Waals surface area contributed by atoms with Gasteiger partial charge in [0.25, 0.3) is 0 Å². The number of nitrogens with zero attached hydrogens (tertiary/aromatic N) is 5. The van der Waals surface area contributed by atoms with Gasteiger partial charge >= 0.3 is 0 Å². The third kappa shape index (κ3) is 5.18. The first-order valence-electron chi connectivity index (χ1n) is 13.2. The van der Waals surface area contributed by atoms with Crippen LogP contribution in [0.1, 0.15) is 61.3 Å². The third-order valence-corrected chi connectivity index (χ3v) is 7.19. The van der Waals surface area contributed by atoms with Crippen molar-refractivity contribution >= 4 is 51.4 Å². The molecule has 0 spiro atoms. The topological polar surface area (TPSA) is 117 Å². The molecule has 202 valence electrons. The number of nitrogens with one attached hydrogen (secondary N) is 3. The highest BCUT2D eigenvalue weighted by Crippen LogP contribution is 2.35. The van der Waals surface area contributed by atoms with Crippen molar-refractivity contribution in [1.29, 1.82) is 0 Å². The molecular formula is C29H33ClN8O. The van der Waals surface area contributed by atoms with E-state index < -0.39 is 0 Å². The summed E-state index contributed by atoms with van der Waals surface area (Å²) in [6.07, 6.45) is 6.93. The summed E-state index contributed by atoms with van der Waals surface area (Å²) in [4.78, 5) is 27.9. The summed E-state index contributed by atoms with van der Waals surface area (Å²) in [7, 11) is 0. The Morgan fingerprint density at radius 2 is 1.56 bits per heavy atom. The van der Waals surface area contributed by atoms with Crippen LogP contribution in [-0.2, 0) is 19.4 Å². The lowest BCUT2D eigenvalue weighted by molar-refractivity contribution is 0.243. The average Bonchev–Trinajstić information content (AvgIpc) is 3.60. The van der Waals surface area contributed by atoms with Gasteiger partial charge in [0, 0.05) is 17.6 Å². The molecule has 1 aliphatic heterocycles. The van der Waals surface area contributed by atoms with Gasteiger partial charge in [-0.15, -0.1) is 0 Å². The lowest BCUT2D eigenvalue weighted by atomic mass is 10.1. The van der Waals surface area contributed by atoms with Gasteiger partial charge in [0.1, 0.15) is 40.7 Å². The molecule has 9 nitrogen and oxygen atoms in total. The van der Waals surface area contributed by atoms with Crippen molar-refractivity contribution in [2.24, 2.45) is 4.99 Å². The first-order valence-corrected chi connectivity index (χ1v) is 13.6. The highest BCUT2D eigenvalue weighted by molar-refractivity contribution is 6.34. The molecule has 0 unspecified atom stereocenters. The summed E-state index contributed by atoms with van der Waals surface area (Å²) in [5.74, 6) is 1.60. The van der Waals surface area contributed by atoms with Crippen LogP contribution in [0.25, 0.3) is 22.1 Å². The minimum atomic E-state index is 0.0852. The summed E-state index contributed by atoms with van der Waals surface area (Å²) < 4.78 is 6.04. The predicted molar refractivity (Wildman–Crippen MR) is 158 cm³/mol. The van der Waals surface area contributed by atoms with E-state index in [9.17, 15) is 0 Å². The minimum absolute atomic E-state index is 0.0852. The number of aliphatic imine (C=N–C) groups is 1. The lowest BCUT2D eigenvalue weighted by Gasteiger charge is -2.17. The molecule has 1 aliphatic rings. The number of hydrogen-bond acceptors (Lipinski definition) is 7. The number of aryl methyl sites for hydroxylation is 4. The number of H-pyrrole nitrogens is 2. The zero-order valence-corrected chi connectivity index (χ0v) is 23.9. The normalized spacial score (nSPS) is 12.2. The van der Waals surface area contributed by atoms with Gasteiger partial charge in [-0.3, -0.25) is 4.99 Å². The number of rotatable bonds is 6. The molecular weight excluding hydrogens is 512 g/mol. The Balaban J connectivity index is 0.000000198. The molecule has 1 aromatic carbocycles. The number of anilines is 2. The fourth-order valence-corrected chi connectivity index (χ4v) is 5.19. The van der Waals surface area contributed by atoms with Crippen molar-refractivity contribution in [3.63, 3.8) is 0 Å². The molecule has 0 fully saturated rings. The van der Waals surface area contributed by atoms with Crippen molar-refractivity contribution in [2.75, 3.05) is 5.32 Å². The zero-order chi connectivity index (χ0) is 27.7. The van der Waals surface area contributed by atoms with Crippen LogP contribution in [-0.4, -0.2) is 42.2 Å². The molecule has 0 aliphatic carbocycles. The second kappa shape index (κ2) is 11.0. The van der Waals surface area contributed by atoms with Gasteiger partial charge in [-0.05, 0) is 74.9 Å². The SMILES string of the molecule is CCc1[nH]c2ncnc(Cl)c2c1C.CCc1[nH]c2ncnc(Nc3cc4c(cc3OC(C)C)CN=C4)c2c1C. The zero-order valence-electron chi connectivity index (χ0n) is 23.1. The fourth-order valence-electron chi connectivity index (χ4n) is 4.92. The van der Waals surface area contributed by atoms with E-state index in [4.69, 9.17) is 16.3 Å². The van der Waals surface area contributed by atoms with Gasteiger partial charge in [0.15, 0.2) is 0 Å². The van der Waals surface area contributed by atoms with Gasteiger partial charge in [-0.2, -0.15) is 0 Å². The van der Waals surface area contributed by atoms with E-state index in [1.54, 1.807) is 6.33 Å². The number of hydrogen-bond donors (Lipinski definition) is 3. The van der Waals surface area contributed by atoms with Crippen LogP contribution in [0.15, 0.2) is 29.8 Å². The molecule has 3 N–H and O–H groups in total. The number of aromatic nitrogens is 6. The fraction of sp³-hybridized carbons (Fsp3) is 0.345. The molecule has 0 radical (unpaired) electrons. The second-order valence-corrected chi connectivity index (χ2v) is 10.2. The molecule has 10 heteroatoms.